The molecule has 2 N–H and O–H groups in total. The number of hydrogen-bond donors (Lipinski definition) is 2. The molecule has 0 spiro atoms. The minimum Gasteiger partial charge on any atom is -0.495 e. The van der Waals surface area contributed by atoms with Crippen LogP contribution in [0, 0.1) is 0 Å². The number of benzene rings is 1. The van der Waals surface area contributed by atoms with E-state index < -0.39 is 12.0 Å². The van der Waals surface area contributed by atoms with Gasteiger partial charge in [-0.2, -0.15) is 11.8 Å². The Bertz CT molecular complexity index is 384. The summed E-state index contributed by atoms with van der Waals surface area (Å²) in [6.07, 6.45) is 3.50. The van der Waals surface area contributed by atoms with Crippen molar-refractivity contribution < 1.29 is 14.6 Å². The van der Waals surface area contributed by atoms with Gasteiger partial charge < -0.3 is 15.2 Å². The topological polar surface area (TPSA) is 58.6 Å². The summed E-state index contributed by atoms with van der Waals surface area (Å²) in [7, 11) is 1.57. The molecule has 0 aliphatic carbocycles. The van der Waals surface area contributed by atoms with Crippen molar-refractivity contribution in [3.8, 4) is 5.75 Å². The van der Waals surface area contributed by atoms with Crippen LogP contribution in [0.3, 0.4) is 0 Å². The Labute approximate surface area is 112 Å². The van der Waals surface area contributed by atoms with Crippen molar-refractivity contribution in [1.82, 2.24) is 0 Å². The standard InChI is InChI=1S/C13H19NO3S/c1-17-12-8-4-3-6-10(12)14-11(13(15)16)7-5-9-18-2/h3-4,6,8,11,14H,5,7,9H2,1-2H3,(H,15,16). The van der Waals surface area contributed by atoms with E-state index in [2.05, 4.69) is 5.32 Å². The first-order valence-corrected chi connectivity index (χ1v) is 7.19. The summed E-state index contributed by atoms with van der Waals surface area (Å²) in [6, 6.07) is 6.76. The Balaban J connectivity index is 2.67. The van der Waals surface area contributed by atoms with E-state index >= 15 is 0 Å². The van der Waals surface area contributed by atoms with E-state index in [1.165, 1.54) is 0 Å². The zero-order chi connectivity index (χ0) is 13.4. The Morgan fingerprint density at radius 3 is 2.83 bits per heavy atom. The van der Waals surface area contributed by atoms with Crippen molar-refractivity contribution in [2.45, 2.75) is 18.9 Å². The van der Waals surface area contributed by atoms with Crippen LogP contribution in [0.15, 0.2) is 24.3 Å². The Morgan fingerprint density at radius 2 is 2.22 bits per heavy atom. The van der Waals surface area contributed by atoms with Crippen LogP contribution < -0.4 is 10.1 Å². The third-order valence-corrected chi connectivity index (χ3v) is 3.27. The van der Waals surface area contributed by atoms with E-state index in [0.29, 0.717) is 12.2 Å². The van der Waals surface area contributed by atoms with Gasteiger partial charge in [0.05, 0.1) is 12.8 Å². The lowest BCUT2D eigenvalue weighted by molar-refractivity contribution is -0.138. The minimum atomic E-state index is -0.831. The highest BCUT2D eigenvalue weighted by Crippen LogP contribution is 2.24. The van der Waals surface area contributed by atoms with Gasteiger partial charge in [-0.15, -0.1) is 0 Å². The van der Waals surface area contributed by atoms with Gasteiger partial charge >= 0.3 is 5.97 Å². The van der Waals surface area contributed by atoms with Crippen molar-refractivity contribution in [1.29, 1.82) is 0 Å². The number of thioether (sulfide) groups is 1. The van der Waals surface area contributed by atoms with Crippen LogP contribution in [-0.4, -0.2) is 36.2 Å². The predicted molar refractivity (Wildman–Crippen MR) is 75.7 cm³/mol. The Morgan fingerprint density at radius 1 is 1.50 bits per heavy atom. The molecule has 100 valence electrons. The van der Waals surface area contributed by atoms with Gasteiger partial charge in [-0.05, 0) is 37.0 Å². The van der Waals surface area contributed by atoms with Crippen LogP contribution in [-0.2, 0) is 4.79 Å². The number of methoxy groups -OCH3 is 1. The van der Waals surface area contributed by atoms with Gasteiger partial charge in [-0.3, -0.25) is 0 Å². The monoisotopic (exact) mass is 269 g/mol. The second-order valence-corrected chi connectivity index (χ2v) is 4.86. The molecule has 0 aliphatic heterocycles. The molecular formula is C13H19NO3S. The van der Waals surface area contributed by atoms with Crippen LogP contribution in [0.2, 0.25) is 0 Å². The highest BCUT2D eigenvalue weighted by Gasteiger charge is 2.17. The molecule has 1 aromatic rings. The summed E-state index contributed by atoms with van der Waals surface area (Å²) in [5.74, 6) is 0.799. The summed E-state index contributed by atoms with van der Waals surface area (Å²) in [5.41, 5.74) is 0.719. The maximum Gasteiger partial charge on any atom is 0.326 e. The van der Waals surface area contributed by atoms with Crippen molar-refractivity contribution in [2.75, 3.05) is 24.4 Å². The molecule has 0 radical (unpaired) electrons. The first kappa shape index (κ1) is 14.7. The number of hydrogen-bond acceptors (Lipinski definition) is 4. The first-order chi connectivity index (χ1) is 8.69. The summed E-state index contributed by atoms with van der Waals surface area (Å²) < 4.78 is 5.19. The molecule has 1 unspecified atom stereocenters. The Kier molecular flexibility index (Phi) is 6.43. The normalized spacial score (nSPS) is 11.9. The van der Waals surface area contributed by atoms with E-state index in [0.717, 1.165) is 17.9 Å². The van der Waals surface area contributed by atoms with E-state index in [9.17, 15) is 9.90 Å². The average Bonchev–Trinajstić information content (AvgIpc) is 2.38. The molecule has 0 fully saturated rings. The SMILES string of the molecule is COc1ccccc1NC(CCCSC)C(=O)O. The van der Waals surface area contributed by atoms with E-state index in [-0.39, 0.29) is 0 Å². The lowest BCUT2D eigenvalue weighted by atomic mass is 10.1. The molecule has 0 aliphatic rings. The molecule has 0 heterocycles. The highest BCUT2D eigenvalue weighted by atomic mass is 32.2. The van der Waals surface area contributed by atoms with Gasteiger partial charge in [-0.1, -0.05) is 12.1 Å². The van der Waals surface area contributed by atoms with Crippen LogP contribution in [0.4, 0.5) is 5.69 Å². The summed E-state index contributed by atoms with van der Waals surface area (Å²) in [4.78, 5) is 11.2. The fourth-order valence-corrected chi connectivity index (χ4v) is 2.10. The Hall–Kier alpha value is -1.36. The quantitative estimate of drug-likeness (QED) is 0.711. The number of anilines is 1. The first-order valence-electron chi connectivity index (χ1n) is 5.80. The molecule has 4 nitrogen and oxygen atoms in total. The number of carboxylic acids is 1. The molecule has 1 atom stereocenters. The van der Waals surface area contributed by atoms with Crippen LogP contribution >= 0.6 is 11.8 Å². The molecule has 0 bridgehead atoms. The van der Waals surface area contributed by atoms with Gasteiger partial charge in [0.25, 0.3) is 0 Å². The van der Waals surface area contributed by atoms with Gasteiger partial charge in [0.15, 0.2) is 0 Å². The molecule has 0 aromatic heterocycles. The van der Waals surface area contributed by atoms with Crippen molar-refractivity contribution in [3.05, 3.63) is 24.3 Å². The molecule has 1 aromatic carbocycles. The van der Waals surface area contributed by atoms with Crippen LogP contribution in [0.5, 0.6) is 5.75 Å². The molecule has 5 heteroatoms. The fourth-order valence-electron chi connectivity index (χ4n) is 1.64. The number of para-hydroxylation sites is 2. The predicted octanol–water partition coefficient (Wildman–Crippen LogP) is 2.70. The number of carboxylic acid groups (broad SMARTS) is 1. The van der Waals surface area contributed by atoms with Crippen molar-refractivity contribution in [3.63, 3.8) is 0 Å². The van der Waals surface area contributed by atoms with Gasteiger partial charge in [0, 0.05) is 0 Å². The van der Waals surface area contributed by atoms with Crippen LogP contribution in [0.25, 0.3) is 0 Å². The van der Waals surface area contributed by atoms with Gasteiger partial charge in [-0.25, -0.2) is 4.79 Å². The third-order valence-electron chi connectivity index (χ3n) is 2.58. The number of nitrogens with one attached hydrogen (secondary N) is 1. The molecule has 1 rings (SSSR count). The largest absolute Gasteiger partial charge is 0.495 e. The smallest absolute Gasteiger partial charge is 0.326 e. The van der Waals surface area contributed by atoms with E-state index in [1.54, 1.807) is 18.9 Å². The fraction of sp³-hybridized carbons (Fsp3) is 0.462. The second-order valence-electron chi connectivity index (χ2n) is 3.87. The second kappa shape index (κ2) is 7.87. The number of ether oxygens (including phenoxy) is 1. The van der Waals surface area contributed by atoms with Gasteiger partial charge in [0.2, 0.25) is 0 Å². The molecule has 0 saturated heterocycles. The number of aliphatic carboxylic acids is 1. The van der Waals surface area contributed by atoms with E-state index in [1.807, 2.05) is 30.5 Å². The maximum absolute atomic E-state index is 11.2. The summed E-state index contributed by atoms with van der Waals surface area (Å²) in [5, 5.41) is 12.2. The zero-order valence-corrected chi connectivity index (χ0v) is 11.5. The summed E-state index contributed by atoms with van der Waals surface area (Å²) >= 11 is 1.72. The van der Waals surface area contributed by atoms with Crippen molar-refractivity contribution >= 4 is 23.4 Å². The molecular weight excluding hydrogens is 250 g/mol. The number of carbonyl (C=O) groups is 1. The highest BCUT2D eigenvalue weighted by molar-refractivity contribution is 7.98. The number of rotatable bonds is 8. The molecule has 18 heavy (non-hydrogen) atoms. The zero-order valence-electron chi connectivity index (χ0n) is 10.7. The molecule has 0 saturated carbocycles. The van der Waals surface area contributed by atoms with E-state index in [4.69, 9.17) is 4.74 Å². The lowest BCUT2D eigenvalue weighted by Crippen LogP contribution is -2.29. The van der Waals surface area contributed by atoms with Gasteiger partial charge in [0.1, 0.15) is 11.8 Å². The average molecular weight is 269 g/mol. The minimum absolute atomic E-state index is 0.576. The third kappa shape index (κ3) is 4.49. The lowest BCUT2D eigenvalue weighted by Gasteiger charge is -2.17. The van der Waals surface area contributed by atoms with Crippen LogP contribution in [0.1, 0.15) is 12.8 Å². The summed E-state index contributed by atoms with van der Waals surface area (Å²) in [6.45, 7) is 0. The maximum atomic E-state index is 11.2. The molecule has 0 amide bonds. The van der Waals surface area contributed by atoms with Crippen molar-refractivity contribution in [2.24, 2.45) is 0 Å².